The molecule has 1 saturated carbocycles. The largest absolute Gasteiger partial charge is 0.265 e. The highest BCUT2D eigenvalue weighted by Gasteiger charge is 2.45. The van der Waals surface area contributed by atoms with Crippen molar-refractivity contribution in [2.75, 3.05) is 0 Å². The van der Waals surface area contributed by atoms with Gasteiger partial charge in [0.15, 0.2) is 0 Å². The molecule has 0 N–H and O–H groups in total. The number of hydrogen-bond acceptors (Lipinski definition) is 3. The van der Waals surface area contributed by atoms with E-state index in [1.54, 1.807) is 28.2 Å². The first-order valence-corrected chi connectivity index (χ1v) is 11.4. The van der Waals surface area contributed by atoms with Crippen molar-refractivity contribution in [3.05, 3.63) is 70.8 Å². The van der Waals surface area contributed by atoms with Crippen molar-refractivity contribution in [1.29, 1.82) is 0 Å². The van der Waals surface area contributed by atoms with Gasteiger partial charge in [0, 0.05) is 5.25 Å². The molecule has 1 aliphatic heterocycles. The van der Waals surface area contributed by atoms with Crippen molar-refractivity contribution in [3.8, 4) is 0 Å². The van der Waals surface area contributed by atoms with Crippen LogP contribution in [0.2, 0.25) is 0 Å². The number of rotatable bonds is 3. The molecule has 0 aromatic heterocycles. The van der Waals surface area contributed by atoms with Crippen molar-refractivity contribution in [2.45, 2.75) is 48.8 Å². The number of fused-ring (bicyclic) bond motifs is 1. The monoisotopic (exact) mass is 385 g/mol. The summed E-state index contributed by atoms with van der Waals surface area (Å²) in [7, 11) is -3.55. The molecule has 1 aliphatic carbocycles. The molecule has 4 rings (SSSR count). The predicted molar refractivity (Wildman–Crippen MR) is 108 cm³/mol. The Labute approximate surface area is 160 Å². The molecule has 0 bridgehead atoms. The summed E-state index contributed by atoms with van der Waals surface area (Å²) < 4.78 is 28.7. The molecule has 3 nitrogen and oxygen atoms in total. The second-order valence-electron chi connectivity index (χ2n) is 7.02. The molecular weight excluding hydrogens is 362 g/mol. The van der Waals surface area contributed by atoms with Crippen LogP contribution in [-0.4, -0.2) is 24.0 Å². The zero-order chi connectivity index (χ0) is 18.1. The van der Waals surface area contributed by atoms with E-state index >= 15 is 0 Å². The minimum Gasteiger partial charge on any atom is -0.256 e. The molecule has 0 amide bonds. The standard InChI is InChI=1S/C21H23NO2S2/c1-16-11-13-18(14-12-16)26(23,24)22-19-9-5-6-10-20(19)25-21(22)15-17-7-3-2-4-8-17/h2-4,7-8,11-15,19-20H,5-6,9-10H2,1H3. The molecule has 5 heteroatoms. The Hall–Kier alpha value is -1.72. The van der Waals surface area contributed by atoms with Gasteiger partial charge in [0.05, 0.1) is 16.0 Å². The molecule has 2 aromatic rings. The maximum Gasteiger partial charge on any atom is 0.265 e. The second kappa shape index (κ2) is 7.12. The fourth-order valence-electron chi connectivity index (χ4n) is 3.76. The van der Waals surface area contributed by atoms with Crippen LogP contribution in [0.25, 0.3) is 6.08 Å². The van der Waals surface area contributed by atoms with E-state index in [9.17, 15) is 8.42 Å². The molecule has 1 saturated heterocycles. The molecule has 0 spiro atoms. The Morgan fingerprint density at radius 2 is 1.69 bits per heavy atom. The summed E-state index contributed by atoms with van der Waals surface area (Å²) in [5, 5.41) is 1.22. The third-order valence-electron chi connectivity index (χ3n) is 5.13. The van der Waals surface area contributed by atoms with E-state index in [1.807, 2.05) is 55.5 Å². The van der Waals surface area contributed by atoms with E-state index in [1.165, 1.54) is 6.42 Å². The van der Waals surface area contributed by atoms with Crippen LogP contribution in [0.1, 0.15) is 36.8 Å². The zero-order valence-corrected chi connectivity index (χ0v) is 16.5. The fraction of sp³-hybridized carbons (Fsp3) is 0.333. The van der Waals surface area contributed by atoms with Crippen LogP contribution in [-0.2, 0) is 10.0 Å². The Morgan fingerprint density at radius 1 is 1.00 bits per heavy atom. The van der Waals surface area contributed by atoms with E-state index in [-0.39, 0.29) is 6.04 Å². The van der Waals surface area contributed by atoms with Crippen LogP contribution in [0.3, 0.4) is 0 Å². The highest BCUT2D eigenvalue weighted by molar-refractivity contribution is 8.05. The van der Waals surface area contributed by atoms with Gasteiger partial charge in [-0.05, 0) is 43.5 Å². The molecule has 1 heterocycles. The van der Waals surface area contributed by atoms with Gasteiger partial charge in [-0.1, -0.05) is 60.9 Å². The molecule has 136 valence electrons. The van der Waals surface area contributed by atoms with E-state index in [2.05, 4.69) is 0 Å². The van der Waals surface area contributed by atoms with E-state index in [0.29, 0.717) is 10.1 Å². The number of aryl methyl sites for hydroxylation is 1. The van der Waals surface area contributed by atoms with Gasteiger partial charge in [-0.25, -0.2) is 8.42 Å². The lowest BCUT2D eigenvalue weighted by atomic mass is 9.95. The van der Waals surface area contributed by atoms with E-state index in [0.717, 1.165) is 35.4 Å². The van der Waals surface area contributed by atoms with Crippen LogP contribution in [0, 0.1) is 6.92 Å². The molecule has 2 aliphatic rings. The minimum absolute atomic E-state index is 0.0648. The first-order valence-electron chi connectivity index (χ1n) is 9.10. The van der Waals surface area contributed by atoms with Gasteiger partial charge in [0.2, 0.25) is 0 Å². The molecule has 26 heavy (non-hydrogen) atoms. The van der Waals surface area contributed by atoms with Crippen molar-refractivity contribution in [2.24, 2.45) is 0 Å². The summed E-state index contributed by atoms with van der Waals surface area (Å²) in [6.45, 7) is 1.97. The van der Waals surface area contributed by atoms with Crippen LogP contribution < -0.4 is 0 Å². The fourth-order valence-corrected chi connectivity index (χ4v) is 7.32. The lowest BCUT2D eigenvalue weighted by Crippen LogP contribution is -2.40. The molecule has 2 aromatic carbocycles. The van der Waals surface area contributed by atoms with E-state index in [4.69, 9.17) is 0 Å². The number of benzene rings is 2. The predicted octanol–water partition coefficient (Wildman–Crippen LogP) is 5.04. The molecule has 2 unspecified atom stereocenters. The van der Waals surface area contributed by atoms with Crippen molar-refractivity contribution >= 4 is 27.9 Å². The maximum atomic E-state index is 13.5. The summed E-state index contributed by atoms with van der Waals surface area (Å²) in [6, 6.07) is 17.2. The molecular formula is C21H23NO2S2. The topological polar surface area (TPSA) is 37.4 Å². The first-order chi connectivity index (χ1) is 12.6. The van der Waals surface area contributed by atoms with Crippen LogP contribution in [0.4, 0.5) is 0 Å². The highest BCUT2D eigenvalue weighted by atomic mass is 32.2. The number of hydrogen-bond donors (Lipinski definition) is 0. The van der Waals surface area contributed by atoms with Gasteiger partial charge in [0.25, 0.3) is 10.0 Å². The smallest absolute Gasteiger partial charge is 0.256 e. The molecule has 2 atom stereocenters. The third-order valence-corrected chi connectivity index (χ3v) is 8.50. The average molecular weight is 386 g/mol. The van der Waals surface area contributed by atoms with Crippen molar-refractivity contribution in [3.63, 3.8) is 0 Å². The van der Waals surface area contributed by atoms with Gasteiger partial charge in [-0.3, -0.25) is 4.31 Å². The maximum absolute atomic E-state index is 13.5. The Kier molecular flexibility index (Phi) is 4.84. The van der Waals surface area contributed by atoms with Gasteiger partial charge < -0.3 is 0 Å². The number of sulfonamides is 1. The summed E-state index contributed by atoms with van der Waals surface area (Å²) in [6.07, 6.45) is 6.33. The molecule has 0 radical (unpaired) electrons. The van der Waals surface area contributed by atoms with Crippen molar-refractivity contribution in [1.82, 2.24) is 4.31 Å². The Balaban J connectivity index is 1.78. The quantitative estimate of drug-likeness (QED) is 0.742. The second-order valence-corrected chi connectivity index (χ2v) is 10.1. The SMILES string of the molecule is Cc1ccc(S(=O)(=O)N2C(=Cc3ccccc3)SC3CCCCC32)cc1. The van der Waals surface area contributed by atoms with Crippen molar-refractivity contribution < 1.29 is 8.42 Å². The molecule has 2 fully saturated rings. The summed E-state index contributed by atoms with van der Waals surface area (Å²) in [4.78, 5) is 0.383. The van der Waals surface area contributed by atoms with Gasteiger partial charge in [-0.2, -0.15) is 0 Å². The number of thioether (sulfide) groups is 1. The Morgan fingerprint density at radius 3 is 2.42 bits per heavy atom. The van der Waals surface area contributed by atoms with Gasteiger partial charge in [0.1, 0.15) is 0 Å². The average Bonchev–Trinajstić information content (AvgIpc) is 3.01. The highest BCUT2D eigenvalue weighted by Crippen LogP contribution is 2.48. The zero-order valence-electron chi connectivity index (χ0n) is 14.8. The van der Waals surface area contributed by atoms with Crippen LogP contribution >= 0.6 is 11.8 Å². The van der Waals surface area contributed by atoms with Crippen LogP contribution in [0.15, 0.2) is 64.5 Å². The van der Waals surface area contributed by atoms with E-state index < -0.39 is 10.0 Å². The third kappa shape index (κ3) is 3.30. The van der Waals surface area contributed by atoms with Gasteiger partial charge in [-0.15, -0.1) is 11.8 Å². The Bertz CT molecular complexity index is 905. The summed E-state index contributed by atoms with van der Waals surface area (Å²) >= 11 is 1.73. The summed E-state index contributed by atoms with van der Waals surface area (Å²) in [5.41, 5.74) is 2.10. The summed E-state index contributed by atoms with van der Waals surface area (Å²) in [5.74, 6) is 0. The van der Waals surface area contributed by atoms with Crippen LogP contribution in [0.5, 0.6) is 0 Å². The number of nitrogens with zero attached hydrogens (tertiary/aromatic N) is 1. The lowest BCUT2D eigenvalue weighted by molar-refractivity contribution is 0.327. The van der Waals surface area contributed by atoms with Gasteiger partial charge >= 0.3 is 0 Å². The normalized spacial score (nSPS) is 24.7. The first kappa shape index (κ1) is 17.7. The minimum atomic E-state index is -3.55. The lowest BCUT2D eigenvalue weighted by Gasteiger charge is -2.31.